The summed E-state index contributed by atoms with van der Waals surface area (Å²) in [4.78, 5) is 28.9. The van der Waals surface area contributed by atoms with Gasteiger partial charge in [0.15, 0.2) is 0 Å². The fourth-order valence-electron chi connectivity index (χ4n) is 11.8. The van der Waals surface area contributed by atoms with Crippen LogP contribution in [0.5, 0.6) is 0 Å². The van der Waals surface area contributed by atoms with Crippen molar-refractivity contribution in [2.45, 2.75) is 132 Å². The first-order valence-electron chi connectivity index (χ1n) is 13.9. The number of hydrogen-bond acceptors (Lipinski definition) is 7. The second kappa shape index (κ2) is 11.6. The van der Waals surface area contributed by atoms with Gasteiger partial charge in [-0.3, -0.25) is 0 Å². The van der Waals surface area contributed by atoms with Gasteiger partial charge in [-0.25, -0.2) is 0 Å². The van der Waals surface area contributed by atoms with Gasteiger partial charge in [0.05, 0.1) is 0 Å². The molecule has 2 atom stereocenters. The first-order valence-corrected chi connectivity index (χ1v) is 48.1. The van der Waals surface area contributed by atoms with Crippen LogP contribution in [-0.2, 0) is 7.76 Å². The molecule has 0 aliphatic carbocycles. The Hall–Kier alpha value is 1.26. The zero-order chi connectivity index (χ0) is 32.3. The molecule has 0 rings (SSSR count). The number of rotatable bonds is 14. The van der Waals surface area contributed by atoms with Crippen LogP contribution in [0.2, 0.25) is 132 Å². The molecule has 0 fully saturated rings. The standard InChI is InChI=1S/2C10H27Si3.2CH3.2NO3.O.2Sn/c2*1-11(2,3)10(12(4,5)6)13(7,8)9;;;2*2-1(3)4;;;/h2*1-9H3;2*1H3;;;;;/q;;;;2*-1;;2*+1. The van der Waals surface area contributed by atoms with Gasteiger partial charge in [0.25, 0.3) is 0 Å². The van der Waals surface area contributed by atoms with Crippen molar-refractivity contribution in [3.05, 3.63) is 20.2 Å². The summed E-state index contributed by atoms with van der Waals surface area (Å²) in [6.07, 6.45) is 0. The molecule has 0 aromatic rings. The molecule has 0 aliphatic rings. The van der Waals surface area contributed by atoms with Crippen molar-refractivity contribution in [3.63, 3.8) is 0 Å². The molecule has 17 heteroatoms. The Morgan fingerprint density at radius 2 is 0.615 bits per heavy atom. The van der Waals surface area contributed by atoms with E-state index in [1.54, 1.807) is 0 Å². The van der Waals surface area contributed by atoms with E-state index in [-0.39, 0.29) is 4.60 Å². The van der Waals surface area contributed by atoms with E-state index in [1.165, 1.54) is 0 Å². The van der Waals surface area contributed by atoms with Crippen LogP contribution < -0.4 is 0 Å². The molecular weight excluding hydrogens is 810 g/mol. The molecule has 0 radical (unpaired) electrons. The van der Waals surface area contributed by atoms with Crippen LogP contribution in [0.3, 0.4) is 0 Å². The fraction of sp³-hybridized carbons (Fsp3) is 1.00. The van der Waals surface area contributed by atoms with E-state index in [1.807, 2.05) is 9.88 Å². The third kappa shape index (κ3) is 6.84. The quantitative estimate of drug-likeness (QED) is 0.0981. The van der Waals surface area contributed by atoms with Gasteiger partial charge in [-0.05, 0) is 0 Å². The molecule has 2 unspecified atom stereocenters. The summed E-state index contributed by atoms with van der Waals surface area (Å²) in [7, 11) is -13.5. The van der Waals surface area contributed by atoms with Crippen molar-refractivity contribution >= 4 is 86.9 Å². The van der Waals surface area contributed by atoms with Gasteiger partial charge in [0.1, 0.15) is 0 Å². The molecule has 9 nitrogen and oxygen atoms in total. The average Bonchev–Trinajstić information content (AvgIpc) is 2.42. The maximum absolute atomic E-state index is 12.5. The average molecular weight is 871 g/mol. The first-order chi connectivity index (χ1) is 16.5. The van der Waals surface area contributed by atoms with Gasteiger partial charge >= 0.3 is 257 Å². The third-order valence-electron chi connectivity index (χ3n) is 9.00. The second-order valence-electron chi connectivity index (χ2n) is 17.6. The van der Waals surface area contributed by atoms with Crippen molar-refractivity contribution in [2.75, 3.05) is 0 Å². The third-order valence-corrected chi connectivity index (χ3v) is 134. The summed E-state index contributed by atoms with van der Waals surface area (Å²) >= 11 is -9.88. The zero-order valence-electron chi connectivity index (χ0n) is 28.8. The Kier molecular flexibility index (Phi) is 12.0. The van der Waals surface area contributed by atoms with Crippen molar-refractivity contribution in [1.82, 2.24) is 0 Å². The van der Waals surface area contributed by atoms with Crippen LogP contribution in [-0.4, -0.2) is 97.0 Å². The summed E-state index contributed by atoms with van der Waals surface area (Å²) in [6.45, 7) is 41.7. The van der Waals surface area contributed by atoms with E-state index >= 15 is 0 Å². The molecule has 0 N–H and O–H groups in total. The molecule has 0 aromatic carbocycles. The normalized spacial score (nSPS) is 18.2. The fourth-order valence-corrected chi connectivity index (χ4v) is 187. The molecule has 0 spiro atoms. The molecule has 39 heavy (non-hydrogen) atoms. The maximum atomic E-state index is 12.5. The van der Waals surface area contributed by atoms with Gasteiger partial charge in [-0.2, -0.15) is 0 Å². The Morgan fingerprint density at radius 1 is 0.462 bits per heavy atom. The van der Waals surface area contributed by atoms with Crippen LogP contribution in [0.1, 0.15) is 0 Å². The molecule has 0 amide bonds. The molecule has 0 heterocycles. The Morgan fingerprint density at radius 3 is 0.718 bits per heavy atom. The number of hydrogen-bond donors (Lipinski definition) is 0. The molecule has 232 valence electrons. The van der Waals surface area contributed by atoms with Crippen LogP contribution >= 0.6 is 0 Å². The van der Waals surface area contributed by atoms with E-state index in [0.717, 1.165) is 0 Å². The van der Waals surface area contributed by atoms with E-state index < -0.39 is 97.0 Å². The Labute approximate surface area is 255 Å². The van der Waals surface area contributed by atoms with Crippen molar-refractivity contribution in [1.29, 1.82) is 0 Å². The van der Waals surface area contributed by atoms with E-state index in [2.05, 4.69) is 118 Å². The molecule has 0 aromatic heterocycles. The predicted molar refractivity (Wildman–Crippen MR) is 186 cm³/mol. The van der Waals surface area contributed by atoms with Crippen LogP contribution in [0.4, 0.5) is 0 Å². The molecule has 0 saturated carbocycles. The molecule has 0 bridgehead atoms. The van der Waals surface area contributed by atoms with Crippen LogP contribution in [0.25, 0.3) is 0 Å². The van der Waals surface area contributed by atoms with Gasteiger partial charge in [0.2, 0.25) is 0 Å². The second-order valence-corrected chi connectivity index (χ2v) is 81.3. The SMILES string of the molecule is C[Si](C)(C)[C]([Si](C)(C)C)([Si](C)(C)C)[Sn]([CH3])([O][N+](=O)[O-])[O][Sn]([CH3])([O][N+](=O)[O-])[C]([Si](C)(C)C)([Si](C)(C)C)[Si](C)(C)C. The Balaban J connectivity index is 8.57. The van der Waals surface area contributed by atoms with Gasteiger partial charge in [-0.15, -0.1) is 0 Å². The molecular formula is C22H60N2O7Si6Sn2. The summed E-state index contributed by atoms with van der Waals surface area (Å²) in [5.41, 5.74) is 0. The van der Waals surface area contributed by atoms with E-state index in [9.17, 15) is 20.2 Å². The summed E-state index contributed by atoms with van der Waals surface area (Å²) in [5, 5.41) is 23.7. The monoisotopic (exact) mass is 872 g/mol. The van der Waals surface area contributed by atoms with Crippen molar-refractivity contribution in [2.24, 2.45) is 0 Å². The minimum atomic E-state index is -4.94. The van der Waals surface area contributed by atoms with Gasteiger partial charge in [-0.1, -0.05) is 0 Å². The summed E-state index contributed by atoms with van der Waals surface area (Å²) < 4.78 is 19.1. The van der Waals surface area contributed by atoms with Crippen LogP contribution in [0.15, 0.2) is 0 Å². The van der Waals surface area contributed by atoms with Gasteiger partial charge in [0, 0.05) is 0 Å². The molecule has 0 saturated heterocycles. The van der Waals surface area contributed by atoms with E-state index in [4.69, 9.17) is 7.76 Å². The molecule has 0 aliphatic heterocycles. The minimum absolute atomic E-state index is 0.378. The van der Waals surface area contributed by atoms with E-state index in [0.29, 0.717) is 0 Å². The topological polar surface area (TPSA) is 114 Å². The van der Waals surface area contributed by atoms with Crippen molar-refractivity contribution < 1.29 is 17.9 Å². The summed E-state index contributed by atoms with van der Waals surface area (Å²) in [5.74, 6) is 0. The Bertz CT molecular complexity index is 788. The number of nitrogens with zero attached hydrogens (tertiary/aromatic N) is 2. The first kappa shape index (κ1) is 40.3. The van der Waals surface area contributed by atoms with Gasteiger partial charge < -0.3 is 0 Å². The summed E-state index contributed by atoms with van der Waals surface area (Å²) in [6, 6.07) is 0. The zero-order valence-corrected chi connectivity index (χ0v) is 40.5. The van der Waals surface area contributed by atoms with Crippen molar-refractivity contribution in [3.8, 4) is 0 Å². The predicted octanol–water partition coefficient (Wildman–Crippen LogP) is 8.31. The van der Waals surface area contributed by atoms with Crippen LogP contribution in [0, 0.1) is 20.2 Å².